The third-order valence-electron chi connectivity index (χ3n) is 2.42. The van der Waals surface area contributed by atoms with Gasteiger partial charge in [-0.3, -0.25) is 4.79 Å². The summed E-state index contributed by atoms with van der Waals surface area (Å²) in [5.74, 6) is -0.0854. The van der Waals surface area contributed by atoms with E-state index < -0.39 is 0 Å². The molecule has 17 heavy (non-hydrogen) atoms. The third kappa shape index (κ3) is 3.76. The second-order valence-corrected chi connectivity index (χ2v) is 4.45. The van der Waals surface area contributed by atoms with Crippen LogP contribution in [0, 0.1) is 11.3 Å². The lowest BCUT2D eigenvalue weighted by Crippen LogP contribution is -2.37. The quantitative estimate of drug-likeness (QED) is 0.824. The van der Waals surface area contributed by atoms with Gasteiger partial charge in [-0.25, -0.2) is 0 Å². The van der Waals surface area contributed by atoms with Gasteiger partial charge in [-0.05, 0) is 32.0 Å². The Bertz CT molecular complexity index is 437. The van der Waals surface area contributed by atoms with E-state index in [9.17, 15) is 4.79 Å². The molecule has 1 amide bonds. The Kier molecular flexibility index (Phi) is 4.99. The smallest absolute Gasteiger partial charge is 0.254 e. The predicted molar refractivity (Wildman–Crippen MR) is 67.9 cm³/mol. The SMILES string of the molecule is CC(C)N(CCC#N)C(=O)c1cccc(Cl)c1. The number of hydrogen-bond donors (Lipinski definition) is 0. The van der Waals surface area contributed by atoms with Crippen molar-refractivity contribution in [2.24, 2.45) is 0 Å². The second-order valence-electron chi connectivity index (χ2n) is 4.01. The Morgan fingerprint density at radius 1 is 1.53 bits per heavy atom. The van der Waals surface area contributed by atoms with Crippen LogP contribution in [0.15, 0.2) is 24.3 Å². The number of benzene rings is 1. The summed E-state index contributed by atoms with van der Waals surface area (Å²) < 4.78 is 0. The maximum atomic E-state index is 12.2. The van der Waals surface area contributed by atoms with Gasteiger partial charge in [-0.2, -0.15) is 5.26 Å². The van der Waals surface area contributed by atoms with Crippen LogP contribution in [0.1, 0.15) is 30.6 Å². The van der Waals surface area contributed by atoms with Crippen molar-refractivity contribution in [1.82, 2.24) is 4.90 Å². The predicted octanol–water partition coefficient (Wildman–Crippen LogP) is 3.10. The van der Waals surface area contributed by atoms with Gasteiger partial charge >= 0.3 is 0 Å². The van der Waals surface area contributed by atoms with Gasteiger partial charge in [0.15, 0.2) is 0 Å². The van der Waals surface area contributed by atoms with Gasteiger partial charge < -0.3 is 4.90 Å². The molecule has 1 aromatic carbocycles. The van der Waals surface area contributed by atoms with E-state index in [0.717, 1.165) is 0 Å². The summed E-state index contributed by atoms with van der Waals surface area (Å²) >= 11 is 5.85. The number of nitriles is 1. The lowest BCUT2D eigenvalue weighted by atomic mass is 10.1. The molecule has 1 rings (SSSR count). The number of carbonyl (C=O) groups is 1. The summed E-state index contributed by atoms with van der Waals surface area (Å²) in [4.78, 5) is 13.9. The van der Waals surface area contributed by atoms with Crippen LogP contribution in [0.2, 0.25) is 5.02 Å². The van der Waals surface area contributed by atoms with Crippen molar-refractivity contribution >= 4 is 17.5 Å². The van der Waals surface area contributed by atoms with Crippen molar-refractivity contribution < 1.29 is 4.79 Å². The maximum Gasteiger partial charge on any atom is 0.254 e. The fourth-order valence-electron chi connectivity index (χ4n) is 1.55. The molecular weight excluding hydrogens is 236 g/mol. The highest BCUT2D eigenvalue weighted by molar-refractivity contribution is 6.30. The molecule has 1 aromatic rings. The van der Waals surface area contributed by atoms with E-state index in [4.69, 9.17) is 16.9 Å². The third-order valence-corrected chi connectivity index (χ3v) is 2.66. The summed E-state index contributed by atoms with van der Waals surface area (Å²) in [6.45, 7) is 4.30. The molecule has 0 heterocycles. The zero-order valence-corrected chi connectivity index (χ0v) is 10.7. The molecule has 0 spiro atoms. The molecule has 0 saturated heterocycles. The molecular formula is C13H15ClN2O. The number of nitrogens with zero attached hydrogens (tertiary/aromatic N) is 2. The van der Waals surface area contributed by atoms with Crippen molar-refractivity contribution in [3.63, 3.8) is 0 Å². The van der Waals surface area contributed by atoms with Gasteiger partial charge in [0, 0.05) is 23.2 Å². The summed E-state index contributed by atoms with van der Waals surface area (Å²) in [6, 6.07) is 8.97. The summed E-state index contributed by atoms with van der Waals surface area (Å²) in [5, 5.41) is 9.13. The van der Waals surface area contributed by atoms with Gasteiger partial charge in [0.1, 0.15) is 0 Å². The van der Waals surface area contributed by atoms with Crippen LogP contribution in [0.5, 0.6) is 0 Å². The minimum Gasteiger partial charge on any atom is -0.335 e. The van der Waals surface area contributed by atoms with Crippen molar-refractivity contribution in [3.05, 3.63) is 34.9 Å². The molecule has 0 saturated carbocycles. The van der Waals surface area contributed by atoms with Gasteiger partial charge in [0.25, 0.3) is 5.91 Å². The summed E-state index contributed by atoms with van der Waals surface area (Å²) in [6.07, 6.45) is 0.338. The number of halogens is 1. The number of amides is 1. The van der Waals surface area contributed by atoms with Gasteiger partial charge in [-0.1, -0.05) is 17.7 Å². The zero-order chi connectivity index (χ0) is 12.8. The summed E-state index contributed by atoms with van der Waals surface area (Å²) in [7, 11) is 0. The Balaban J connectivity index is 2.88. The lowest BCUT2D eigenvalue weighted by molar-refractivity contribution is 0.0710. The van der Waals surface area contributed by atoms with Gasteiger partial charge in [0.05, 0.1) is 12.5 Å². The van der Waals surface area contributed by atoms with Crippen LogP contribution in [0.25, 0.3) is 0 Å². The van der Waals surface area contributed by atoms with E-state index in [1.807, 2.05) is 13.8 Å². The highest BCUT2D eigenvalue weighted by Gasteiger charge is 2.18. The summed E-state index contributed by atoms with van der Waals surface area (Å²) in [5.41, 5.74) is 0.559. The normalized spacial score (nSPS) is 10.1. The first-order valence-electron chi connectivity index (χ1n) is 5.49. The van der Waals surface area contributed by atoms with E-state index in [-0.39, 0.29) is 11.9 Å². The Hall–Kier alpha value is -1.53. The molecule has 0 unspecified atom stereocenters. The molecule has 90 valence electrons. The average molecular weight is 251 g/mol. The molecule has 0 fully saturated rings. The van der Waals surface area contributed by atoms with Crippen LogP contribution in [0.4, 0.5) is 0 Å². The molecule has 3 nitrogen and oxygen atoms in total. The van der Waals surface area contributed by atoms with Crippen LogP contribution < -0.4 is 0 Å². The van der Waals surface area contributed by atoms with Crippen LogP contribution in [-0.4, -0.2) is 23.4 Å². The van der Waals surface area contributed by atoms with E-state index in [1.54, 1.807) is 29.2 Å². The van der Waals surface area contributed by atoms with Crippen molar-refractivity contribution in [1.29, 1.82) is 5.26 Å². The molecule has 0 aliphatic rings. The Morgan fingerprint density at radius 3 is 2.76 bits per heavy atom. The Labute approximate surface area is 107 Å². The number of carbonyl (C=O) groups excluding carboxylic acids is 1. The highest BCUT2D eigenvalue weighted by atomic mass is 35.5. The van der Waals surface area contributed by atoms with E-state index in [1.165, 1.54) is 0 Å². The highest BCUT2D eigenvalue weighted by Crippen LogP contribution is 2.14. The maximum absolute atomic E-state index is 12.2. The fraction of sp³-hybridized carbons (Fsp3) is 0.385. The van der Waals surface area contributed by atoms with Gasteiger partial charge in [-0.15, -0.1) is 0 Å². The van der Waals surface area contributed by atoms with Crippen molar-refractivity contribution in [3.8, 4) is 6.07 Å². The average Bonchev–Trinajstić information content (AvgIpc) is 2.29. The lowest BCUT2D eigenvalue weighted by Gasteiger charge is -2.25. The fourth-order valence-corrected chi connectivity index (χ4v) is 1.74. The molecule has 0 aliphatic heterocycles. The van der Waals surface area contributed by atoms with Crippen molar-refractivity contribution in [2.45, 2.75) is 26.3 Å². The largest absolute Gasteiger partial charge is 0.335 e. The minimum absolute atomic E-state index is 0.0647. The number of hydrogen-bond acceptors (Lipinski definition) is 2. The molecule has 4 heteroatoms. The standard InChI is InChI=1S/C13H15ClN2O/c1-10(2)16(8-4-7-15)13(17)11-5-3-6-12(14)9-11/h3,5-6,9-10H,4,8H2,1-2H3. The molecule has 0 aliphatic carbocycles. The zero-order valence-electron chi connectivity index (χ0n) is 9.98. The molecule has 0 radical (unpaired) electrons. The number of rotatable bonds is 4. The monoisotopic (exact) mass is 250 g/mol. The first kappa shape index (κ1) is 13.5. The van der Waals surface area contributed by atoms with Crippen LogP contribution >= 0.6 is 11.6 Å². The molecule has 0 bridgehead atoms. The molecule has 0 atom stereocenters. The van der Waals surface area contributed by atoms with E-state index >= 15 is 0 Å². The minimum atomic E-state index is -0.0854. The van der Waals surface area contributed by atoms with Crippen LogP contribution in [-0.2, 0) is 0 Å². The first-order chi connectivity index (χ1) is 8.06. The topological polar surface area (TPSA) is 44.1 Å². The van der Waals surface area contributed by atoms with Crippen molar-refractivity contribution in [2.75, 3.05) is 6.54 Å². The van der Waals surface area contributed by atoms with Gasteiger partial charge in [0.2, 0.25) is 0 Å². The first-order valence-corrected chi connectivity index (χ1v) is 5.87. The molecule has 0 N–H and O–H groups in total. The second kappa shape index (κ2) is 6.27. The Morgan fingerprint density at radius 2 is 2.24 bits per heavy atom. The van der Waals surface area contributed by atoms with E-state index in [0.29, 0.717) is 23.6 Å². The van der Waals surface area contributed by atoms with E-state index in [2.05, 4.69) is 6.07 Å². The molecule has 0 aromatic heterocycles. The van der Waals surface area contributed by atoms with Crippen LogP contribution in [0.3, 0.4) is 0 Å².